The normalized spacial score (nSPS) is 11.2. The number of nitrogens with zero attached hydrogens (tertiary/aromatic N) is 3. The Bertz CT molecular complexity index is 807. The van der Waals surface area contributed by atoms with Gasteiger partial charge in [0.2, 0.25) is 0 Å². The number of hydrogen-bond donors (Lipinski definition) is 0. The second kappa shape index (κ2) is 6.59. The maximum Gasteiger partial charge on any atom is 0.196 e. The van der Waals surface area contributed by atoms with Crippen molar-refractivity contribution in [3.05, 3.63) is 59.7 Å². The van der Waals surface area contributed by atoms with E-state index in [0.29, 0.717) is 5.25 Å². The fraction of sp³-hybridized carbons (Fsp3) is 0.263. The fourth-order valence-corrected chi connectivity index (χ4v) is 3.24. The third kappa shape index (κ3) is 3.32. The molecule has 3 nitrogen and oxygen atoms in total. The average molecular weight is 323 g/mol. The van der Waals surface area contributed by atoms with E-state index < -0.39 is 0 Å². The van der Waals surface area contributed by atoms with E-state index in [4.69, 9.17) is 0 Å². The lowest BCUT2D eigenvalue weighted by atomic mass is 10.1. The van der Waals surface area contributed by atoms with Crippen LogP contribution in [0.15, 0.2) is 53.7 Å². The first kappa shape index (κ1) is 15.8. The predicted molar refractivity (Wildman–Crippen MR) is 97.3 cm³/mol. The van der Waals surface area contributed by atoms with Gasteiger partial charge in [0.05, 0.1) is 5.69 Å². The Morgan fingerprint density at radius 2 is 1.65 bits per heavy atom. The highest BCUT2D eigenvalue weighted by atomic mass is 32.2. The molecule has 0 atom stereocenters. The summed E-state index contributed by atoms with van der Waals surface area (Å²) >= 11 is 1.73. The van der Waals surface area contributed by atoms with E-state index in [1.54, 1.807) is 11.8 Å². The number of thioether (sulfide) groups is 1. The summed E-state index contributed by atoms with van der Waals surface area (Å²) in [6.07, 6.45) is 0. The van der Waals surface area contributed by atoms with Crippen molar-refractivity contribution in [3.8, 4) is 17.1 Å². The van der Waals surface area contributed by atoms with Crippen LogP contribution in [0.3, 0.4) is 0 Å². The minimum absolute atomic E-state index is 0.452. The van der Waals surface area contributed by atoms with E-state index >= 15 is 0 Å². The highest BCUT2D eigenvalue weighted by Crippen LogP contribution is 2.30. The van der Waals surface area contributed by atoms with Crippen molar-refractivity contribution >= 4 is 11.8 Å². The number of rotatable bonds is 4. The van der Waals surface area contributed by atoms with Gasteiger partial charge in [0.25, 0.3) is 0 Å². The first-order valence-corrected chi connectivity index (χ1v) is 8.69. The molecule has 3 rings (SSSR count). The highest BCUT2D eigenvalue weighted by Gasteiger charge is 2.17. The first-order chi connectivity index (χ1) is 11.1. The predicted octanol–water partition coefficient (Wildman–Crippen LogP) is 5.05. The molecule has 118 valence electrons. The summed E-state index contributed by atoms with van der Waals surface area (Å²) in [4.78, 5) is 0. The van der Waals surface area contributed by atoms with Crippen molar-refractivity contribution < 1.29 is 0 Å². The first-order valence-electron chi connectivity index (χ1n) is 7.81. The largest absolute Gasteiger partial charge is 0.270 e. The molecule has 0 aliphatic heterocycles. The van der Waals surface area contributed by atoms with Gasteiger partial charge in [-0.15, -0.1) is 10.2 Å². The lowest BCUT2D eigenvalue weighted by molar-refractivity contribution is 0.878. The summed E-state index contributed by atoms with van der Waals surface area (Å²) in [6.45, 7) is 8.62. The molecule has 0 saturated heterocycles. The van der Waals surface area contributed by atoms with Crippen LogP contribution < -0.4 is 0 Å². The molecule has 2 aromatic carbocycles. The number of hydrogen-bond acceptors (Lipinski definition) is 3. The van der Waals surface area contributed by atoms with Gasteiger partial charge in [0.1, 0.15) is 0 Å². The molecule has 0 unspecified atom stereocenters. The third-order valence-electron chi connectivity index (χ3n) is 3.76. The molecule has 0 aliphatic rings. The van der Waals surface area contributed by atoms with E-state index in [0.717, 1.165) is 22.2 Å². The zero-order chi connectivity index (χ0) is 16.4. The molecule has 4 heteroatoms. The van der Waals surface area contributed by atoms with E-state index in [-0.39, 0.29) is 0 Å². The molecule has 0 saturated carbocycles. The van der Waals surface area contributed by atoms with Gasteiger partial charge in [0, 0.05) is 10.8 Å². The summed E-state index contributed by atoms with van der Waals surface area (Å²) in [5.41, 5.74) is 4.76. The molecule has 1 aromatic heterocycles. The van der Waals surface area contributed by atoms with Crippen LogP contribution in [0.5, 0.6) is 0 Å². The van der Waals surface area contributed by atoms with Crippen molar-refractivity contribution in [2.45, 2.75) is 38.1 Å². The molecule has 3 aromatic rings. The summed E-state index contributed by atoms with van der Waals surface area (Å²) in [7, 11) is 0. The van der Waals surface area contributed by atoms with Crippen LogP contribution >= 0.6 is 11.8 Å². The van der Waals surface area contributed by atoms with Crippen molar-refractivity contribution in [1.82, 2.24) is 14.8 Å². The van der Waals surface area contributed by atoms with Gasteiger partial charge in [-0.25, -0.2) is 0 Å². The molecule has 0 aliphatic carbocycles. The Kier molecular flexibility index (Phi) is 4.53. The number of aryl methyl sites for hydroxylation is 2. The van der Waals surface area contributed by atoms with Crippen molar-refractivity contribution in [2.24, 2.45) is 0 Å². The number of benzene rings is 2. The molecular weight excluding hydrogens is 302 g/mol. The van der Waals surface area contributed by atoms with E-state index in [1.165, 1.54) is 11.1 Å². The number of aromatic nitrogens is 3. The molecule has 1 heterocycles. The maximum atomic E-state index is 4.46. The summed E-state index contributed by atoms with van der Waals surface area (Å²) in [5, 5.41) is 10.3. The van der Waals surface area contributed by atoms with Crippen molar-refractivity contribution in [3.63, 3.8) is 0 Å². The SMILES string of the molecule is Cc1ccc(-n2c(SC(C)C)nnc2-c2ccccc2)cc1C. The molecule has 0 radical (unpaired) electrons. The van der Waals surface area contributed by atoms with Crippen LogP contribution in [0.2, 0.25) is 0 Å². The maximum absolute atomic E-state index is 4.46. The van der Waals surface area contributed by atoms with Crippen LogP contribution in [0, 0.1) is 13.8 Å². The fourth-order valence-electron chi connectivity index (χ4n) is 2.43. The van der Waals surface area contributed by atoms with Crippen LogP contribution in [0.25, 0.3) is 17.1 Å². The van der Waals surface area contributed by atoms with Gasteiger partial charge >= 0.3 is 0 Å². The van der Waals surface area contributed by atoms with Crippen molar-refractivity contribution in [2.75, 3.05) is 0 Å². The molecule has 0 bridgehead atoms. The van der Waals surface area contributed by atoms with Crippen LogP contribution in [-0.4, -0.2) is 20.0 Å². The summed E-state index contributed by atoms with van der Waals surface area (Å²) < 4.78 is 2.16. The second-order valence-electron chi connectivity index (χ2n) is 5.94. The minimum Gasteiger partial charge on any atom is -0.270 e. The van der Waals surface area contributed by atoms with E-state index in [9.17, 15) is 0 Å². The Balaban J connectivity index is 2.18. The molecule has 0 N–H and O–H groups in total. The van der Waals surface area contributed by atoms with Gasteiger partial charge in [-0.05, 0) is 37.1 Å². The Morgan fingerprint density at radius 1 is 0.913 bits per heavy atom. The standard InChI is InChI=1S/C19H21N3S/c1-13(2)23-19-21-20-18(16-8-6-5-7-9-16)22(19)17-11-10-14(3)15(4)12-17/h5-13H,1-4H3. The average Bonchev–Trinajstić information content (AvgIpc) is 2.94. The van der Waals surface area contributed by atoms with Gasteiger partial charge in [-0.2, -0.15) is 0 Å². The van der Waals surface area contributed by atoms with Crippen LogP contribution in [0.1, 0.15) is 25.0 Å². The van der Waals surface area contributed by atoms with Crippen LogP contribution in [-0.2, 0) is 0 Å². The molecule has 0 spiro atoms. The Hall–Kier alpha value is -2.07. The van der Waals surface area contributed by atoms with Gasteiger partial charge in [-0.3, -0.25) is 4.57 Å². The molecular formula is C19H21N3S. The quantitative estimate of drug-likeness (QED) is 0.629. The topological polar surface area (TPSA) is 30.7 Å². The van der Waals surface area contributed by atoms with Gasteiger partial charge in [-0.1, -0.05) is 62.0 Å². The third-order valence-corrected chi connectivity index (χ3v) is 4.70. The highest BCUT2D eigenvalue weighted by molar-refractivity contribution is 7.99. The Morgan fingerprint density at radius 3 is 2.30 bits per heavy atom. The summed E-state index contributed by atoms with van der Waals surface area (Å²) in [5.74, 6) is 0.886. The van der Waals surface area contributed by atoms with E-state index in [2.05, 4.69) is 72.8 Å². The lowest BCUT2D eigenvalue weighted by Gasteiger charge is -2.13. The smallest absolute Gasteiger partial charge is 0.196 e. The zero-order valence-electron chi connectivity index (χ0n) is 13.9. The monoisotopic (exact) mass is 323 g/mol. The summed E-state index contributed by atoms with van der Waals surface area (Å²) in [6, 6.07) is 16.7. The lowest BCUT2D eigenvalue weighted by Crippen LogP contribution is -2.02. The molecule has 0 fully saturated rings. The van der Waals surface area contributed by atoms with E-state index in [1.807, 2.05) is 18.2 Å². The van der Waals surface area contributed by atoms with Gasteiger partial charge in [0.15, 0.2) is 11.0 Å². The Labute approximate surface area is 141 Å². The zero-order valence-corrected chi connectivity index (χ0v) is 14.8. The molecule has 0 amide bonds. The molecule has 23 heavy (non-hydrogen) atoms. The second-order valence-corrected chi connectivity index (χ2v) is 7.49. The minimum atomic E-state index is 0.452. The van der Waals surface area contributed by atoms with Crippen LogP contribution in [0.4, 0.5) is 0 Å². The van der Waals surface area contributed by atoms with Crippen molar-refractivity contribution in [1.29, 1.82) is 0 Å². The van der Waals surface area contributed by atoms with Gasteiger partial charge < -0.3 is 0 Å².